The molecular weight excluding hydrogens is 269 g/mol. The maximum Gasteiger partial charge on any atom is 0.223 e. The van der Waals surface area contributed by atoms with Crippen LogP contribution in [0.4, 0.5) is 4.39 Å². The maximum absolute atomic E-state index is 14.0. The molecule has 5 heteroatoms. The SMILES string of the molecule is N#Cc1ccc(F)c(CN2C(=O)CCC3CNCCC32)c1. The third-order valence-corrected chi connectivity index (χ3v) is 4.53. The first kappa shape index (κ1) is 14.0. The van der Waals surface area contributed by atoms with Gasteiger partial charge < -0.3 is 10.2 Å². The zero-order valence-corrected chi connectivity index (χ0v) is 11.8. The molecule has 1 aromatic carbocycles. The van der Waals surface area contributed by atoms with Gasteiger partial charge in [-0.15, -0.1) is 0 Å². The van der Waals surface area contributed by atoms with E-state index < -0.39 is 0 Å². The van der Waals surface area contributed by atoms with Crippen molar-refractivity contribution in [3.05, 3.63) is 35.1 Å². The number of nitriles is 1. The lowest BCUT2D eigenvalue weighted by atomic mass is 9.84. The third-order valence-electron chi connectivity index (χ3n) is 4.53. The van der Waals surface area contributed by atoms with Crippen LogP contribution in [0.2, 0.25) is 0 Å². The van der Waals surface area contributed by atoms with E-state index in [1.54, 1.807) is 6.07 Å². The molecule has 1 N–H and O–H groups in total. The van der Waals surface area contributed by atoms with Crippen molar-refractivity contribution < 1.29 is 9.18 Å². The van der Waals surface area contributed by atoms with Crippen LogP contribution >= 0.6 is 0 Å². The summed E-state index contributed by atoms with van der Waals surface area (Å²) in [4.78, 5) is 14.1. The fourth-order valence-electron chi connectivity index (χ4n) is 3.41. The van der Waals surface area contributed by atoms with Crippen LogP contribution in [0.5, 0.6) is 0 Å². The Morgan fingerprint density at radius 2 is 2.29 bits per heavy atom. The lowest BCUT2D eigenvalue weighted by Gasteiger charge is -2.44. The van der Waals surface area contributed by atoms with Crippen molar-refractivity contribution >= 4 is 5.91 Å². The third kappa shape index (κ3) is 2.77. The second kappa shape index (κ2) is 5.82. The molecule has 2 saturated heterocycles. The van der Waals surface area contributed by atoms with Crippen molar-refractivity contribution in [1.82, 2.24) is 10.2 Å². The first-order valence-electron chi connectivity index (χ1n) is 7.38. The van der Waals surface area contributed by atoms with Crippen molar-refractivity contribution in [2.24, 2.45) is 5.92 Å². The van der Waals surface area contributed by atoms with E-state index in [1.807, 2.05) is 11.0 Å². The Morgan fingerprint density at radius 3 is 3.10 bits per heavy atom. The van der Waals surface area contributed by atoms with Gasteiger partial charge in [-0.05, 0) is 50.0 Å². The molecule has 0 radical (unpaired) electrons. The number of piperidine rings is 2. The first-order chi connectivity index (χ1) is 10.2. The van der Waals surface area contributed by atoms with Crippen LogP contribution in [0.3, 0.4) is 0 Å². The second-order valence-electron chi connectivity index (χ2n) is 5.80. The van der Waals surface area contributed by atoms with E-state index in [2.05, 4.69) is 5.32 Å². The molecule has 2 unspecified atom stereocenters. The zero-order valence-electron chi connectivity index (χ0n) is 11.8. The van der Waals surface area contributed by atoms with Gasteiger partial charge in [-0.1, -0.05) is 0 Å². The standard InChI is InChI=1S/C16H18FN3O/c17-14-3-1-11(8-18)7-13(14)10-20-15-5-6-19-9-12(15)2-4-16(20)21/h1,3,7,12,15,19H,2,4-6,9-10H2. The molecule has 1 amide bonds. The molecule has 0 saturated carbocycles. The van der Waals surface area contributed by atoms with Crippen molar-refractivity contribution in [2.75, 3.05) is 13.1 Å². The van der Waals surface area contributed by atoms with Gasteiger partial charge >= 0.3 is 0 Å². The largest absolute Gasteiger partial charge is 0.335 e. The van der Waals surface area contributed by atoms with Crippen molar-refractivity contribution in [1.29, 1.82) is 5.26 Å². The summed E-state index contributed by atoms with van der Waals surface area (Å²) >= 11 is 0. The average molecular weight is 287 g/mol. The van der Waals surface area contributed by atoms with E-state index in [4.69, 9.17) is 5.26 Å². The highest BCUT2D eigenvalue weighted by Gasteiger charge is 2.37. The summed E-state index contributed by atoms with van der Waals surface area (Å²) in [6, 6.07) is 6.53. The highest BCUT2D eigenvalue weighted by atomic mass is 19.1. The predicted octanol–water partition coefficient (Wildman–Crippen LogP) is 1.80. The smallest absolute Gasteiger partial charge is 0.223 e. The van der Waals surface area contributed by atoms with Crippen LogP contribution in [-0.4, -0.2) is 29.9 Å². The number of hydrogen-bond acceptors (Lipinski definition) is 3. The summed E-state index contributed by atoms with van der Waals surface area (Å²) in [5.41, 5.74) is 0.860. The Morgan fingerprint density at radius 1 is 1.43 bits per heavy atom. The number of likely N-dealkylation sites (tertiary alicyclic amines) is 1. The lowest BCUT2D eigenvalue weighted by Crippen LogP contribution is -2.54. The number of rotatable bonds is 2. The van der Waals surface area contributed by atoms with Crippen LogP contribution in [0.25, 0.3) is 0 Å². The Hall–Kier alpha value is -1.93. The Balaban J connectivity index is 1.85. The molecule has 2 aliphatic rings. The minimum Gasteiger partial charge on any atom is -0.335 e. The van der Waals surface area contributed by atoms with E-state index in [0.717, 1.165) is 25.9 Å². The molecular formula is C16H18FN3O. The van der Waals surface area contributed by atoms with E-state index >= 15 is 0 Å². The number of fused-ring (bicyclic) bond motifs is 1. The molecule has 0 aliphatic carbocycles. The monoisotopic (exact) mass is 287 g/mol. The molecule has 4 nitrogen and oxygen atoms in total. The van der Waals surface area contributed by atoms with Crippen LogP contribution in [-0.2, 0) is 11.3 Å². The van der Waals surface area contributed by atoms with Gasteiger partial charge in [0.15, 0.2) is 0 Å². The summed E-state index contributed by atoms with van der Waals surface area (Å²) in [6.07, 6.45) is 2.35. The molecule has 21 heavy (non-hydrogen) atoms. The number of benzene rings is 1. The molecule has 3 rings (SSSR count). The molecule has 1 aromatic rings. The van der Waals surface area contributed by atoms with Gasteiger partial charge in [-0.2, -0.15) is 5.26 Å². The number of hydrogen-bond donors (Lipinski definition) is 1. The van der Waals surface area contributed by atoms with Crippen LogP contribution in [0.15, 0.2) is 18.2 Å². The fourth-order valence-corrected chi connectivity index (χ4v) is 3.41. The molecule has 2 heterocycles. The van der Waals surface area contributed by atoms with Crippen LogP contribution in [0, 0.1) is 23.1 Å². The molecule has 2 fully saturated rings. The minimum absolute atomic E-state index is 0.0971. The summed E-state index contributed by atoms with van der Waals surface area (Å²) in [7, 11) is 0. The second-order valence-corrected chi connectivity index (χ2v) is 5.80. The van der Waals surface area contributed by atoms with Crippen molar-refractivity contribution in [3.8, 4) is 6.07 Å². The number of nitrogens with zero attached hydrogens (tertiary/aromatic N) is 2. The molecule has 0 aromatic heterocycles. The van der Waals surface area contributed by atoms with Crippen LogP contribution < -0.4 is 5.32 Å². The molecule has 2 atom stereocenters. The van der Waals surface area contributed by atoms with Gasteiger partial charge in [-0.3, -0.25) is 4.79 Å². The quantitative estimate of drug-likeness (QED) is 0.902. The van der Waals surface area contributed by atoms with Gasteiger partial charge in [-0.25, -0.2) is 4.39 Å². The summed E-state index contributed by atoms with van der Waals surface area (Å²) in [5, 5.41) is 12.3. The van der Waals surface area contributed by atoms with Gasteiger partial charge in [0.25, 0.3) is 0 Å². The number of amides is 1. The van der Waals surface area contributed by atoms with E-state index in [9.17, 15) is 9.18 Å². The number of carbonyl (C=O) groups is 1. The van der Waals surface area contributed by atoms with Gasteiger partial charge in [0.05, 0.1) is 11.6 Å². The number of carbonyl (C=O) groups excluding carboxylic acids is 1. The lowest BCUT2D eigenvalue weighted by molar-refractivity contribution is -0.140. The Kier molecular flexibility index (Phi) is 3.89. The molecule has 0 spiro atoms. The van der Waals surface area contributed by atoms with E-state index in [0.29, 0.717) is 23.5 Å². The van der Waals surface area contributed by atoms with Gasteiger partial charge in [0.2, 0.25) is 5.91 Å². The summed E-state index contributed by atoms with van der Waals surface area (Å²) < 4.78 is 14.0. The normalized spacial score (nSPS) is 25.3. The van der Waals surface area contributed by atoms with Gasteiger partial charge in [0, 0.05) is 24.6 Å². The van der Waals surface area contributed by atoms with E-state index in [-0.39, 0.29) is 24.3 Å². The average Bonchev–Trinajstić information content (AvgIpc) is 2.52. The zero-order chi connectivity index (χ0) is 14.8. The van der Waals surface area contributed by atoms with Crippen molar-refractivity contribution in [3.63, 3.8) is 0 Å². The number of nitrogens with one attached hydrogen (secondary N) is 1. The maximum atomic E-state index is 14.0. The van der Waals surface area contributed by atoms with Gasteiger partial charge in [0.1, 0.15) is 5.82 Å². The fraction of sp³-hybridized carbons (Fsp3) is 0.500. The molecule has 110 valence electrons. The number of halogens is 1. The Bertz CT molecular complexity index is 596. The minimum atomic E-state index is -0.349. The topological polar surface area (TPSA) is 56.1 Å². The van der Waals surface area contributed by atoms with Crippen LogP contribution in [0.1, 0.15) is 30.4 Å². The highest BCUT2D eigenvalue weighted by Crippen LogP contribution is 2.30. The highest BCUT2D eigenvalue weighted by molar-refractivity contribution is 5.77. The summed E-state index contributed by atoms with van der Waals surface area (Å²) in [5.74, 6) is 0.205. The predicted molar refractivity (Wildman–Crippen MR) is 75.7 cm³/mol. The van der Waals surface area contributed by atoms with Crippen molar-refractivity contribution in [2.45, 2.75) is 31.8 Å². The molecule has 0 bridgehead atoms. The Labute approximate surface area is 123 Å². The summed E-state index contributed by atoms with van der Waals surface area (Å²) in [6.45, 7) is 2.09. The van der Waals surface area contributed by atoms with E-state index in [1.165, 1.54) is 12.1 Å². The molecule has 2 aliphatic heterocycles. The first-order valence-corrected chi connectivity index (χ1v) is 7.38.